The molecular weight excluding hydrogens is 418 g/mol. The summed E-state index contributed by atoms with van der Waals surface area (Å²) in [4.78, 5) is 26.8. The maximum absolute atomic E-state index is 13.0. The number of piperidine rings is 2. The topological polar surface area (TPSA) is 96.0 Å². The molecule has 1 N–H and O–H groups in total. The largest absolute Gasteiger partial charge is 0.494 e. The average molecular weight is 450 g/mol. The predicted molar refractivity (Wildman–Crippen MR) is 115 cm³/mol. The molecule has 4 rings (SSSR count). The molecule has 0 aliphatic carbocycles. The zero-order chi connectivity index (χ0) is 22.1. The fourth-order valence-electron chi connectivity index (χ4n) is 4.93. The zero-order valence-corrected chi connectivity index (χ0v) is 18.8. The van der Waals surface area contributed by atoms with E-state index in [0.717, 1.165) is 19.4 Å². The Balaban J connectivity index is 1.31. The van der Waals surface area contributed by atoms with E-state index in [1.807, 2.05) is 11.8 Å². The molecule has 8 nitrogen and oxygen atoms in total. The third kappa shape index (κ3) is 4.57. The van der Waals surface area contributed by atoms with Crippen molar-refractivity contribution in [2.24, 2.45) is 11.3 Å². The van der Waals surface area contributed by atoms with Gasteiger partial charge in [-0.3, -0.25) is 9.59 Å². The first-order chi connectivity index (χ1) is 14.8. The van der Waals surface area contributed by atoms with Gasteiger partial charge in [0.05, 0.1) is 11.5 Å². The van der Waals surface area contributed by atoms with E-state index in [2.05, 4.69) is 5.32 Å². The van der Waals surface area contributed by atoms with E-state index in [1.165, 1.54) is 4.31 Å². The fraction of sp³-hybridized carbons (Fsp3) is 0.636. The maximum Gasteiger partial charge on any atom is 0.243 e. The molecule has 3 heterocycles. The second-order valence-corrected chi connectivity index (χ2v) is 10.8. The van der Waals surface area contributed by atoms with Crippen LogP contribution in [-0.4, -0.2) is 68.8 Å². The van der Waals surface area contributed by atoms with Crippen LogP contribution >= 0.6 is 0 Å². The second-order valence-electron chi connectivity index (χ2n) is 8.86. The monoisotopic (exact) mass is 449 g/mol. The number of carbonyl (C=O) groups is 2. The van der Waals surface area contributed by atoms with Gasteiger partial charge in [-0.05, 0) is 62.3 Å². The summed E-state index contributed by atoms with van der Waals surface area (Å²) in [6.45, 7) is 5.18. The Morgan fingerprint density at radius 1 is 1.13 bits per heavy atom. The molecule has 3 saturated heterocycles. The average Bonchev–Trinajstić information content (AvgIpc) is 3.14. The van der Waals surface area contributed by atoms with E-state index in [9.17, 15) is 18.0 Å². The Labute approximate surface area is 184 Å². The van der Waals surface area contributed by atoms with Crippen molar-refractivity contribution in [3.8, 4) is 5.75 Å². The summed E-state index contributed by atoms with van der Waals surface area (Å²) >= 11 is 0. The molecule has 0 saturated carbocycles. The standard InChI is InChI=1S/C22H31N3O5S/c1-2-30-18-3-5-19(6-4-18)31(28,29)25-11-7-17(8-12-25)21(27)24-13-9-22(10-14-24)15-20(26)23-16-22/h3-6,17H,2,7-16H2,1H3,(H,23,26). The van der Waals surface area contributed by atoms with Gasteiger partial charge < -0.3 is 15.0 Å². The Morgan fingerprint density at radius 2 is 1.77 bits per heavy atom. The number of ether oxygens (including phenoxy) is 1. The lowest BCUT2D eigenvalue weighted by atomic mass is 9.77. The molecule has 31 heavy (non-hydrogen) atoms. The molecule has 0 radical (unpaired) electrons. The highest BCUT2D eigenvalue weighted by Crippen LogP contribution is 2.38. The van der Waals surface area contributed by atoms with Crippen LogP contribution in [0.15, 0.2) is 29.2 Å². The van der Waals surface area contributed by atoms with Gasteiger partial charge in [0, 0.05) is 45.1 Å². The second kappa shape index (κ2) is 8.78. The van der Waals surface area contributed by atoms with Crippen LogP contribution in [-0.2, 0) is 19.6 Å². The van der Waals surface area contributed by atoms with Crippen molar-refractivity contribution in [1.82, 2.24) is 14.5 Å². The van der Waals surface area contributed by atoms with Gasteiger partial charge in [0.15, 0.2) is 0 Å². The molecule has 0 unspecified atom stereocenters. The van der Waals surface area contributed by atoms with Gasteiger partial charge in [0.25, 0.3) is 0 Å². The van der Waals surface area contributed by atoms with Crippen LogP contribution < -0.4 is 10.1 Å². The highest BCUT2D eigenvalue weighted by atomic mass is 32.2. The molecule has 3 fully saturated rings. The Kier molecular flexibility index (Phi) is 6.25. The maximum atomic E-state index is 13.0. The number of likely N-dealkylation sites (tertiary alicyclic amines) is 1. The van der Waals surface area contributed by atoms with Gasteiger partial charge in [-0.1, -0.05) is 0 Å². The number of nitrogens with zero attached hydrogens (tertiary/aromatic N) is 2. The summed E-state index contributed by atoms with van der Waals surface area (Å²) in [6, 6.07) is 6.49. The lowest BCUT2D eigenvalue weighted by Gasteiger charge is -2.40. The predicted octanol–water partition coefficient (Wildman–Crippen LogP) is 1.61. The number of hydrogen-bond donors (Lipinski definition) is 1. The Bertz CT molecular complexity index is 915. The first-order valence-corrected chi connectivity index (χ1v) is 12.6. The number of sulfonamides is 1. The van der Waals surface area contributed by atoms with Gasteiger partial charge in [0.1, 0.15) is 5.75 Å². The van der Waals surface area contributed by atoms with Gasteiger partial charge in [0.2, 0.25) is 21.8 Å². The summed E-state index contributed by atoms with van der Waals surface area (Å²) < 4.78 is 32.8. The van der Waals surface area contributed by atoms with Crippen molar-refractivity contribution in [2.45, 2.75) is 43.9 Å². The van der Waals surface area contributed by atoms with Crippen molar-refractivity contribution in [3.63, 3.8) is 0 Å². The van der Waals surface area contributed by atoms with Crippen LogP contribution in [0.25, 0.3) is 0 Å². The molecule has 1 aromatic carbocycles. The highest BCUT2D eigenvalue weighted by Gasteiger charge is 2.43. The minimum Gasteiger partial charge on any atom is -0.494 e. The SMILES string of the molecule is CCOc1ccc(S(=O)(=O)N2CCC(C(=O)N3CCC4(CC3)CNC(=O)C4)CC2)cc1. The van der Waals surface area contributed by atoms with Crippen molar-refractivity contribution < 1.29 is 22.7 Å². The molecule has 1 spiro atoms. The van der Waals surface area contributed by atoms with Crippen LogP contribution in [0.4, 0.5) is 0 Å². The lowest BCUT2D eigenvalue weighted by Crippen LogP contribution is -2.48. The molecule has 9 heteroatoms. The van der Waals surface area contributed by atoms with Crippen molar-refractivity contribution in [3.05, 3.63) is 24.3 Å². The number of rotatable bonds is 5. The van der Waals surface area contributed by atoms with E-state index in [4.69, 9.17) is 4.74 Å². The van der Waals surface area contributed by atoms with Gasteiger partial charge in [-0.15, -0.1) is 0 Å². The Morgan fingerprint density at radius 3 is 2.32 bits per heavy atom. The summed E-state index contributed by atoms with van der Waals surface area (Å²) in [5, 5.41) is 2.92. The minimum absolute atomic E-state index is 0.0169. The normalized spacial score (nSPS) is 22.5. The third-order valence-electron chi connectivity index (χ3n) is 6.91. The van der Waals surface area contributed by atoms with Crippen LogP contribution in [0.1, 0.15) is 39.0 Å². The summed E-state index contributed by atoms with van der Waals surface area (Å²) in [7, 11) is -3.57. The van der Waals surface area contributed by atoms with Crippen molar-refractivity contribution in [1.29, 1.82) is 0 Å². The van der Waals surface area contributed by atoms with E-state index in [1.54, 1.807) is 24.3 Å². The van der Waals surface area contributed by atoms with E-state index >= 15 is 0 Å². The summed E-state index contributed by atoms with van der Waals surface area (Å²) in [5.41, 5.74) is 0.0169. The first kappa shape index (κ1) is 22.1. The van der Waals surface area contributed by atoms with Crippen molar-refractivity contribution in [2.75, 3.05) is 39.3 Å². The molecule has 3 aliphatic heterocycles. The van der Waals surface area contributed by atoms with E-state index in [0.29, 0.717) is 57.8 Å². The first-order valence-electron chi connectivity index (χ1n) is 11.1. The molecule has 0 bridgehead atoms. The van der Waals surface area contributed by atoms with Crippen LogP contribution in [0.3, 0.4) is 0 Å². The zero-order valence-electron chi connectivity index (χ0n) is 18.0. The number of hydrogen-bond acceptors (Lipinski definition) is 5. The van der Waals surface area contributed by atoms with Crippen molar-refractivity contribution >= 4 is 21.8 Å². The van der Waals surface area contributed by atoms with E-state index < -0.39 is 10.0 Å². The van der Waals surface area contributed by atoms with E-state index in [-0.39, 0.29) is 28.0 Å². The molecule has 0 atom stereocenters. The number of benzene rings is 1. The Hall–Kier alpha value is -2.13. The third-order valence-corrected chi connectivity index (χ3v) is 8.82. The molecular formula is C22H31N3O5S. The number of nitrogens with one attached hydrogen (secondary N) is 1. The fourth-order valence-corrected chi connectivity index (χ4v) is 6.40. The van der Waals surface area contributed by atoms with Crippen LogP contribution in [0, 0.1) is 11.3 Å². The lowest BCUT2D eigenvalue weighted by molar-refractivity contribution is -0.139. The van der Waals surface area contributed by atoms with Crippen LogP contribution in [0.2, 0.25) is 0 Å². The van der Waals surface area contributed by atoms with Gasteiger partial charge in [-0.25, -0.2) is 8.42 Å². The minimum atomic E-state index is -3.57. The molecule has 170 valence electrons. The molecule has 1 aromatic rings. The number of carbonyl (C=O) groups excluding carboxylic acids is 2. The van der Waals surface area contributed by atoms with Gasteiger partial charge >= 0.3 is 0 Å². The molecule has 3 aliphatic rings. The smallest absolute Gasteiger partial charge is 0.243 e. The highest BCUT2D eigenvalue weighted by molar-refractivity contribution is 7.89. The van der Waals surface area contributed by atoms with Gasteiger partial charge in [-0.2, -0.15) is 4.31 Å². The summed E-state index contributed by atoms with van der Waals surface area (Å²) in [5.74, 6) is 0.752. The summed E-state index contributed by atoms with van der Waals surface area (Å²) in [6.07, 6.45) is 3.34. The van der Waals surface area contributed by atoms with Crippen LogP contribution in [0.5, 0.6) is 5.75 Å². The number of amides is 2. The molecule has 2 amide bonds. The quantitative estimate of drug-likeness (QED) is 0.737. The molecule has 0 aromatic heterocycles.